The number of pyridine rings is 1. The van der Waals surface area contributed by atoms with Gasteiger partial charge >= 0.3 is 0 Å². The standard InChI is InChI=1S/C19H28N4O3/c1-14(2)5-7-22-8-6-15(3)17(19(22)25)18(24)21-12-16-11-20-13-23(16)9-10-26-4/h6,8,11,13-14H,5,7,9-10,12H2,1-4H3,(H,21,24). The molecular formula is C19H28N4O3. The van der Waals surface area contributed by atoms with Crippen molar-refractivity contribution in [1.29, 1.82) is 0 Å². The third kappa shape index (κ3) is 5.05. The van der Waals surface area contributed by atoms with E-state index < -0.39 is 0 Å². The number of aryl methyl sites for hydroxylation is 2. The molecule has 7 nitrogen and oxygen atoms in total. The molecule has 2 aromatic heterocycles. The SMILES string of the molecule is COCCn1cncc1CNC(=O)c1c(C)ccn(CCC(C)C)c1=O. The van der Waals surface area contributed by atoms with Gasteiger partial charge in [0.1, 0.15) is 5.56 Å². The van der Waals surface area contributed by atoms with Crippen molar-refractivity contribution >= 4 is 5.91 Å². The van der Waals surface area contributed by atoms with Gasteiger partial charge in [0.05, 0.1) is 25.2 Å². The van der Waals surface area contributed by atoms with Gasteiger partial charge in [0.15, 0.2) is 0 Å². The van der Waals surface area contributed by atoms with Gasteiger partial charge in [-0.3, -0.25) is 9.59 Å². The van der Waals surface area contributed by atoms with Crippen molar-refractivity contribution in [3.63, 3.8) is 0 Å². The van der Waals surface area contributed by atoms with Gasteiger partial charge in [-0.15, -0.1) is 0 Å². The van der Waals surface area contributed by atoms with Crippen LogP contribution in [-0.2, 0) is 24.4 Å². The minimum Gasteiger partial charge on any atom is -0.383 e. The highest BCUT2D eigenvalue weighted by Crippen LogP contribution is 2.06. The molecule has 0 aliphatic rings. The number of carbonyl (C=O) groups is 1. The second-order valence-electron chi connectivity index (χ2n) is 6.81. The molecule has 0 saturated carbocycles. The minimum absolute atomic E-state index is 0.208. The van der Waals surface area contributed by atoms with Gasteiger partial charge in [0.2, 0.25) is 0 Å². The summed E-state index contributed by atoms with van der Waals surface area (Å²) in [6, 6.07) is 1.82. The van der Waals surface area contributed by atoms with E-state index in [0.717, 1.165) is 12.1 Å². The minimum atomic E-state index is -0.356. The molecule has 7 heteroatoms. The van der Waals surface area contributed by atoms with Crippen LogP contribution in [0.5, 0.6) is 0 Å². The van der Waals surface area contributed by atoms with Crippen LogP contribution in [0.15, 0.2) is 29.6 Å². The fraction of sp³-hybridized carbons (Fsp3) is 0.526. The maximum absolute atomic E-state index is 12.7. The first-order valence-electron chi connectivity index (χ1n) is 8.90. The summed E-state index contributed by atoms with van der Waals surface area (Å²) in [7, 11) is 1.64. The van der Waals surface area contributed by atoms with Crippen molar-refractivity contribution in [2.45, 2.75) is 46.8 Å². The van der Waals surface area contributed by atoms with Crippen LogP contribution in [0.25, 0.3) is 0 Å². The summed E-state index contributed by atoms with van der Waals surface area (Å²) < 4.78 is 8.60. The molecule has 142 valence electrons. The largest absolute Gasteiger partial charge is 0.383 e. The van der Waals surface area contributed by atoms with E-state index in [1.165, 1.54) is 0 Å². The smallest absolute Gasteiger partial charge is 0.263 e. The fourth-order valence-electron chi connectivity index (χ4n) is 2.66. The number of nitrogens with one attached hydrogen (secondary N) is 1. The van der Waals surface area contributed by atoms with Gasteiger partial charge in [-0.2, -0.15) is 0 Å². The molecule has 0 unspecified atom stereocenters. The lowest BCUT2D eigenvalue weighted by Crippen LogP contribution is -2.34. The fourth-order valence-corrected chi connectivity index (χ4v) is 2.66. The molecule has 1 N–H and O–H groups in total. The Morgan fingerprint density at radius 3 is 2.77 bits per heavy atom. The Balaban J connectivity index is 2.11. The predicted molar refractivity (Wildman–Crippen MR) is 100 cm³/mol. The molecule has 0 atom stereocenters. The van der Waals surface area contributed by atoms with Crippen molar-refractivity contribution in [3.8, 4) is 0 Å². The Morgan fingerprint density at radius 2 is 2.08 bits per heavy atom. The third-order valence-electron chi connectivity index (χ3n) is 4.31. The predicted octanol–water partition coefficient (Wildman–Crippen LogP) is 1.98. The van der Waals surface area contributed by atoms with Crippen LogP contribution in [0, 0.1) is 12.8 Å². The number of amides is 1. The van der Waals surface area contributed by atoms with Crippen molar-refractivity contribution in [2.75, 3.05) is 13.7 Å². The Labute approximate surface area is 154 Å². The first-order chi connectivity index (χ1) is 12.4. The zero-order chi connectivity index (χ0) is 19.1. The maximum Gasteiger partial charge on any atom is 0.263 e. The number of rotatable bonds is 9. The molecular weight excluding hydrogens is 332 g/mol. The van der Waals surface area contributed by atoms with E-state index in [4.69, 9.17) is 4.74 Å². The molecule has 26 heavy (non-hydrogen) atoms. The van der Waals surface area contributed by atoms with Crippen LogP contribution in [0.3, 0.4) is 0 Å². The van der Waals surface area contributed by atoms with E-state index in [2.05, 4.69) is 24.1 Å². The number of imidazole rings is 1. The molecule has 0 bridgehead atoms. The first-order valence-corrected chi connectivity index (χ1v) is 8.90. The molecule has 0 fully saturated rings. The molecule has 0 aliphatic carbocycles. The Morgan fingerprint density at radius 1 is 1.31 bits per heavy atom. The molecule has 0 spiro atoms. The monoisotopic (exact) mass is 360 g/mol. The van der Waals surface area contributed by atoms with Crippen LogP contribution in [-0.4, -0.2) is 33.7 Å². The molecule has 0 saturated heterocycles. The topological polar surface area (TPSA) is 78.2 Å². The highest BCUT2D eigenvalue weighted by molar-refractivity contribution is 5.95. The van der Waals surface area contributed by atoms with Crippen LogP contribution >= 0.6 is 0 Å². The van der Waals surface area contributed by atoms with Gasteiger partial charge in [0, 0.05) is 32.6 Å². The molecule has 0 aromatic carbocycles. The zero-order valence-corrected chi connectivity index (χ0v) is 16.0. The van der Waals surface area contributed by atoms with Gasteiger partial charge in [-0.25, -0.2) is 4.98 Å². The number of hydrogen-bond acceptors (Lipinski definition) is 4. The van der Waals surface area contributed by atoms with Crippen molar-refractivity contribution in [3.05, 3.63) is 52.0 Å². The number of ether oxygens (including phenoxy) is 1. The van der Waals surface area contributed by atoms with Crippen molar-refractivity contribution in [2.24, 2.45) is 5.92 Å². The normalized spacial score (nSPS) is 11.1. The summed E-state index contributed by atoms with van der Waals surface area (Å²) in [4.78, 5) is 29.4. The van der Waals surface area contributed by atoms with E-state index >= 15 is 0 Å². The summed E-state index contributed by atoms with van der Waals surface area (Å²) in [5.41, 5.74) is 1.51. The van der Waals surface area contributed by atoms with Gasteiger partial charge in [-0.05, 0) is 30.9 Å². The van der Waals surface area contributed by atoms with Crippen molar-refractivity contribution < 1.29 is 9.53 Å². The second-order valence-corrected chi connectivity index (χ2v) is 6.81. The molecule has 2 heterocycles. The van der Waals surface area contributed by atoms with Gasteiger partial charge in [-0.1, -0.05) is 13.8 Å². The van der Waals surface area contributed by atoms with E-state index in [1.54, 1.807) is 37.3 Å². The Kier molecular flexibility index (Phi) is 7.15. The summed E-state index contributed by atoms with van der Waals surface area (Å²) in [6.45, 7) is 8.15. The van der Waals surface area contributed by atoms with E-state index in [1.807, 2.05) is 10.6 Å². The highest BCUT2D eigenvalue weighted by Gasteiger charge is 2.16. The lowest BCUT2D eigenvalue weighted by molar-refractivity contribution is 0.0947. The highest BCUT2D eigenvalue weighted by atomic mass is 16.5. The lowest BCUT2D eigenvalue weighted by atomic mass is 10.1. The van der Waals surface area contributed by atoms with Crippen LogP contribution in [0.4, 0.5) is 0 Å². The number of aromatic nitrogens is 3. The third-order valence-corrected chi connectivity index (χ3v) is 4.31. The molecule has 0 radical (unpaired) electrons. The summed E-state index contributed by atoms with van der Waals surface area (Å²) in [6.07, 6.45) is 6.06. The summed E-state index contributed by atoms with van der Waals surface area (Å²) in [5.74, 6) is 0.138. The maximum atomic E-state index is 12.7. The number of methoxy groups -OCH3 is 1. The zero-order valence-electron chi connectivity index (χ0n) is 16.0. The average molecular weight is 360 g/mol. The lowest BCUT2D eigenvalue weighted by Gasteiger charge is -2.13. The summed E-state index contributed by atoms with van der Waals surface area (Å²) in [5, 5.41) is 2.84. The van der Waals surface area contributed by atoms with Gasteiger partial charge in [0.25, 0.3) is 11.5 Å². The second kappa shape index (κ2) is 9.33. The van der Waals surface area contributed by atoms with E-state index in [9.17, 15) is 9.59 Å². The summed E-state index contributed by atoms with van der Waals surface area (Å²) >= 11 is 0. The molecule has 2 aromatic rings. The molecule has 0 aliphatic heterocycles. The van der Waals surface area contributed by atoms with Crippen LogP contribution in [0.2, 0.25) is 0 Å². The average Bonchev–Trinajstić information content (AvgIpc) is 3.04. The Bertz CT molecular complexity index is 792. The van der Waals surface area contributed by atoms with Crippen LogP contribution < -0.4 is 10.9 Å². The number of nitrogens with zero attached hydrogens (tertiary/aromatic N) is 3. The number of hydrogen-bond donors (Lipinski definition) is 1. The van der Waals surface area contributed by atoms with E-state index in [0.29, 0.717) is 37.7 Å². The van der Waals surface area contributed by atoms with Crippen molar-refractivity contribution in [1.82, 2.24) is 19.4 Å². The van der Waals surface area contributed by atoms with Crippen LogP contribution in [0.1, 0.15) is 41.9 Å². The quantitative estimate of drug-likeness (QED) is 0.742. The number of carbonyl (C=O) groups excluding carboxylic acids is 1. The molecule has 1 amide bonds. The van der Waals surface area contributed by atoms with Gasteiger partial charge < -0.3 is 19.2 Å². The molecule has 2 rings (SSSR count). The van der Waals surface area contributed by atoms with E-state index in [-0.39, 0.29) is 17.0 Å². The Hall–Kier alpha value is -2.41. The first kappa shape index (κ1) is 19.9.